The van der Waals surface area contributed by atoms with Crippen LogP contribution in [0.4, 0.5) is 4.39 Å². The van der Waals surface area contributed by atoms with Crippen molar-refractivity contribution in [2.24, 2.45) is 0 Å². The minimum atomic E-state index is -0.524. The molecule has 1 aliphatic carbocycles. The molecule has 0 radical (unpaired) electrons. The molecule has 112 valence electrons. The smallest absolute Gasteiger partial charge is 0.254 e. The van der Waals surface area contributed by atoms with Gasteiger partial charge in [0.25, 0.3) is 5.91 Å². The summed E-state index contributed by atoms with van der Waals surface area (Å²) in [5.74, 6) is 4.29. The second-order valence-electron chi connectivity index (χ2n) is 5.18. The summed E-state index contributed by atoms with van der Waals surface area (Å²) in [6, 6.07) is 4.61. The molecule has 1 aromatic rings. The molecule has 0 bridgehead atoms. The summed E-state index contributed by atoms with van der Waals surface area (Å²) in [5.41, 5.74) is 0.556. The van der Waals surface area contributed by atoms with Gasteiger partial charge in [0.2, 0.25) is 0 Å². The normalized spacial score (nSPS) is 14.6. The minimum absolute atomic E-state index is 0.120. The highest BCUT2D eigenvalue weighted by molar-refractivity contribution is 5.94. The van der Waals surface area contributed by atoms with E-state index in [1.54, 1.807) is 6.07 Å². The average molecular weight is 289 g/mol. The van der Waals surface area contributed by atoms with Crippen molar-refractivity contribution in [2.75, 3.05) is 13.2 Å². The molecule has 0 aliphatic heterocycles. The van der Waals surface area contributed by atoms with E-state index in [4.69, 9.17) is 5.11 Å². The third-order valence-corrected chi connectivity index (χ3v) is 3.89. The van der Waals surface area contributed by atoms with Gasteiger partial charge in [-0.1, -0.05) is 24.7 Å². The lowest BCUT2D eigenvalue weighted by Gasteiger charge is -2.27. The number of carbonyl (C=O) groups is 1. The van der Waals surface area contributed by atoms with E-state index in [9.17, 15) is 9.18 Å². The molecule has 1 aliphatic rings. The number of hydrogen-bond acceptors (Lipinski definition) is 2. The quantitative estimate of drug-likeness (QED) is 0.869. The van der Waals surface area contributed by atoms with Crippen molar-refractivity contribution >= 4 is 5.91 Å². The largest absolute Gasteiger partial charge is 0.384 e. The van der Waals surface area contributed by atoms with Crippen LogP contribution in [0.3, 0.4) is 0 Å². The zero-order valence-electron chi connectivity index (χ0n) is 12.2. The molecule has 0 unspecified atom stereocenters. The molecular formula is C17H20FNO2. The van der Waals surface area contributed by atoms with Crippen molar-refractivity contribution in [3.63, 3.8) is 0 Å². The zero-order chi connectivity index (χ0) is 15.2. The van der Waals surface area contributed by atoms with Crippen molar-refractivity contribution in [3.05, 3.63) is 35.1 Å². The van der Waals surface area contributed by atoms with Gasteiger partial charge < -0.3 is 10.0 Å². The first-order valence-electron chi connectivity index (χ1n) is 7.37. The fraction of sp³-hybridized carbons (Fsp3) is 0.471. The van der Waals surface area contributed by atoms with Crippen molar-refractivity contribution in [3.8, 4) is 11.8 Å². The number of hydrogen-bond donors (Lipinski definition) is 1. The summed E-state index contributed by atoms with van der Waals surface area (Å²) in [4.78, 5) is 14.4. The number of carbonyl (C=O) groups excluding carboxylic acids is 1. The number of nitrogens with zero attached hydrogens (tertiary/aromatic N) is 1. The van der Waals surface area contributed by atoms with Gasteiger partial charge in [0.15, 0.2) is 0 Å². The average Bonchev–Trinajstić information content (AvgIpc) is 3.00. The Morgan fingerprint density at radius 3 is 2.71 bits per heavy atom. The maximum absolute atomic E-state index is 13.9. The molecular weight excluding hydrogens is 269 g/mol. The van der Waals surface area contributed by atoms with Gasteiger partial charge in [-0.2, -0.15) is 0 Å². The maximum atomic E-state index is 13.9. The van der Waals surface area contributed by atoms with Crippen LogP contribution < -0.4 is 0 Å². The van der Waals surface area contributed by atoms with Crippen LogP contribution in [0.15, 0.2) is 18.2 Å². The summed E-state index contributed by atoms with van der Waals surface area (Å²) in [6.45, 7) is 2.27. The van der Waals surface area contributed by atoms with E-state index < -0.39 is 5.82 Å². The third-order valence-electron chi connectivity index (χ3n) is 3.89. The Labute approximate surface area is 124 Å². The first-order chi connectivity index (χ1) is 10.2. The topological polar surface area (TPSA) is 40.5 Å². The van der Waals surface area contributed by atoms with Crippen LogP contribution >= 0.6 is 0 Å². The van der Waals surface area contributed by atoms with Gasteiger partial charge in [-0.15, -0.1) is 0 Å². The molecule has 21 heavy (non-hydrogen) atoms. The molecule has 2 rings (SSSR count). The molecule has 1 N–H and O–H groups in total. The van der Waals surface area contributed by atoms with Crippen LogP contribution in [0.5, 0.6) is 0 Å². The third kappa shape index (κ3) is 3.62. The Morgan fingerprint density at radius 2 is 2.14 bits per heavy atom. The summed E-state index contributed by atoms with van der Waals surface area (Å²) >= 11 is 0. The Balaban J connectivity index is 2.20. The summed E-state index contributed by atoms with van der Waals surface area (Å²) in [5, 5.41) is 8.63. The van der Waals surface area contributed by atoms with Crippen molar-refractivity contribution < 1.29 is 14.3 Å². The number of aliphatic hydroxyl groups excluding tert-OH is 1. The summed E-state index contributed by atoms with van der Waals surface area (Å²) < 4.78 is 13.9. The lowest BCUT2D eigenvalue weighted by atomic mass is 10.1. The molecule has 0 aromatic heterocycles. The highest BCUT2D eigenvalue weighted by Gasteiger charge is 2.26. The van der Waals surface area contributed by atoms with Crippen LogP contribution in [0.25, 0.3) is 0 Å². The standard InChI is InChI=1S/C17H20FNO2/c1-2-19(15-7-3-4-8-15)17(21)14-10-9-13(6-5-11-20)16(18)12-14/h9-10,12,15,20H,2-4,7-8,11H2,1H3. The molecule has 1 saturated carbocycles. The van der Waals surface area contributed by atoms with Crippen LogP contribution in [-0.4, -0.2) is 35.1 Å². The van der Waals surface area contributed by atoms with Crippen LogP contribution in [0, 0.1) is 17.7 Å². The highest BCUT2D eigenvalue weighted by atomic mass is 19.1. The second-order valence-corrected chi connectivity index (χ2v) is 5.18. The van der Waals surface area contributed by atoms with Gasteiger partial charge in [0.05, 0.1) is 5.56 Å². The van der Waals surface area contributed by atoms with E-state index in [2.05, 4.69) is 11.8 Å². The van der Waals surface area contributed by atoms with Gasteiger partial charge in [-0.25, -0.2) is 4.39 Å². The Morgan fingerprint density at radius 1 is 1.43 bits per heavy atom. The van der Waals surface area contributed by atoms with Gasteiger partial charge in [-0.3, -0.25) is 4.79 Å². The fourth-order valence-corrected chi connectivity index (χ4v) is 2.83. The van der Waals surface area contributed by atoms with E-state index in [-0.39, 0.29) is 24.1 Å². The molecule has 1 amide bonds. The van der Waals surface area contributed by atoms with Crippen LogP contribution in [-0.2, 0) is 0 Å². The Bertz CT molecular complexity index is 568. The van der Waals surface area contributed by atoms with Crippen molar-refractivity contribution in [1.29, 1.82) is 0 Å². The predicted molar refractivity (Wildman–Crippen MR) is 79.3 cm³/mol. The van der Waals surface area contributed by atoms with Crippen molar-refractivity contribution in [1.82, 2.24) is 4.90 Å². The summed E-state index contributed by atoms with van der Waals surface area (Å²) in [7, 11) is 0. The molecule has 4 heteroatoms. The Kier molecular flexibility index (Phi) is 5.35. The zero-order valence-corrected chi connectivity index (χ0v) is 12.2. The molecule has 1 fully saturated rings. The maximum Gasteiger partial charge on any atom is 0.254 e. The van der Waals surface area contributed by atoms with Crippen LogP contribution in [0.1, 0.15) is 48.5 Å². The number of amides is 1. The van der Waals surface area contributed by atoms with Gasteiger partial charge >= 0.3 is 0 Å². The number of rotatable bonds is 3. The molecule has 0 saturated heterocycles. The molecule has 3 nitrogen and oxygen atoms in total. The predicted octanol–water partition coefficient (Wildman–Crippen LogP) is 2.57. The van der Waals surface area contributed by atoms with E-state index >= 15 is 0 Å². The first kappa shape index (κ1) is 15.5. The Hall–Kier alpha value is -1.86. The van der Waals surface area contributed by atoms with Gasteiger partial charge in [-0.05, 0) is 38.0 Å². The summed E-state index contributed by atoms with van der Waals surface area (Å²) in [6.07, 6.45) is 4.36. The highest BCUT2D eigenvalue weighted by Crippen LogP contribution is 2.25. The molecule has 0 spiro atoms. The second kappa shape index (κ2) is 7.24. The van der Waals surface area contributed by atoms with E-state index in [1.165, 1.54) is 12.1 Å². The molecule has 1 aromatic carbocycles. The first-order valence-corrected chi connectivity index (χ1v) is 7.37. The van der Waals surface area contributed by atoms with Crippen LogP contribution in [0.2, 0.25) is 0 Å². The van der Waals surface area contributed by atoms with Gasteiger partial charge in [0.1, 0.15) is 12.4 Å². The van der Waals surface area contributed by atoms with Gasteiger partial charge in [0, 0.05) is 18.2 Å². The van der Waals surface area contributed by atoms with E-state index in [1.807, 2.05) is 11.8 Å². The number of aliphatic hydroxyl groups is 1. The lowest BCUT2D eigenvalue weighted by Crippen LogP contribution is -2.38. The minimum Gasteiger partial charge on any atom is -0.384 e. The van der Waals surface area contributed by atoms with E-state index in [0.717, 1.165) is 25.7 Å². The monoisotopic (exact) mass is 289 g/mol. The lowest BCUT2D eigenvalue weighted by molar-refractivity contribution is 0.0693. The SMILES string of the molecule is CCN(C(=O)c1ccc(C#CCO)c(F)c1)C1CCCC1. The molecule has 0 atom stereocenters. The number of halogens is 1. The molecule has 0 heterocycles. The number of benzene rings is 1. The van der Waals surface area contributed by atoms with Crippen molar-refractivity contribution in [2.45, 2.75) is 38.6 Å². The van der Waals surface area contributed by atoms with E-state index in [0.29, 0.717) is 12.1 Å². The fourth-order valence-electron chi connectivity index (χ4n) is 2.83.